The summed E-state index contributed by atoms with van der Waals surface area (Å²) in [5.41, 5.74) is 1.99. The minimum absolute atomic E-state index is 0.996. The molecule has 0 saturated carbocycles. The van der Waals surface area contributed by atoms with E-state index in [1.165, 1.54) is 0 Å². The Morgan fingerprint density at radius 3 is 1.56 bits per heavy atom. The highest BCUT2D eigenvalue weighted by atomic mass is 15.2. The maximum atomic E-state index is 3.77. The van der Waals surface area contributed by atoms with E-state index in [2.05, 4.69) is 20.4 Å². The van der Waals surface area contributed by atoms with Gasteiger partial charge in [-0.05, 0) is 18.2 Å². The molecule has 3 aromatic rings. The van der Waals surface area contributed by atoms with Crippen LogP contribution in [0.3, 0.4) is 0 Å². The van der Waals surface area contributed by atoms with Gasteiger partial charge in [-0.25, -0.2) is 0 Å². The Balaban J connectivity index is 2.07. The molecule has 6 nitrogen and oxygen atoms in total. The largest absolute Gasteiger partial charge is 0.288 e. The van der Waals surface area contributed by atoms with E-state index in [0.29, 0.717) is 0 Å². The lowest BCUT2D eigenvalue weighted by atomic mass is 10.3. The Morgan fingerprint density at radius 1 is 0.688 bits per heavy atom. The summed E-state index contributed by atoms with van der Waals surface area (Å²) in [6.45, 7) is 0. The summed E-state index contributed by atoms with van der Waals surface area (Å²) in [4.78, 5) is 0. The van der Waals surface area contributed by atoms with Crippen molar-refractivity contribution >= 4 is 0 Å². The quantitative estimate of drug-likeness (QED) is 0.631. The molecule has 1 aromatic carbocycles. The zero-order valence-electron chi connectivity index (χ0n) is 8.30. The van der Waals surface area contributed by atoms with Crippen LogP contribution in [0.5, 0.6) is 0 Å². The van der Waals surface area contributed by atoms with E-state index in [1.54, 1.807) is 25.3 Å². The van der Waals surface area contributed by atoms with Gasteiger partial charge in [0.2, 0.25) is 0 Å². The Bertz CT molecular complexity index is 520. The second-order valence-corrected chi connectivity index (χ2v) is 3.26. The molecule has 0 aliphatic rings. The first-order valence-electron chi connectivity index (χ1n) is 4.73. The van der Waals surface area contributed by atoms with Crippen LogP contribution in [0.1, 0.15) is 0 Å². The van der Waals surface area contributed by atoms with Crippen LogP contribution in [0, 0.1) is 0 Å². The van der Waals surface area contributed by atoms with E-state index >= 15 is 0 Å². The molecule has 0 aliphatic heterocycles. The lowest BCUT2D eigenvalue weighted by molar-refractivity contribution is 1.02. The van der Waals surface area contributed by atoms with E-state index in [0.717, 1.165) is 11.4 Å². The van der Waals surface area contributed by atoms with E-state index < -0.39 is 0 Å². The first-order chi connectivity index (χ1) is 7.93. The third-order valence-electron chi connectivity index (χ3n) is 2.26. The van der Waals surface area contributed by atoms with Crippen molar-refractivity contribution in [2.75, 3.05) is 0 Å². The molecule has 0 amide bonds. The zero-order valence-corrected chi connectivity index (χ0v) is 8.30. The Kier molecular flexibility index (Phi) is 1.96. The molecule has 78 valence electrons. The van der Waals surface area contributed by atoms with Gasteiger partial charge in [0.1, 0.15) is 25.3 Å². The third kappa shape index (κ3) is 1.46. The summed E-state index contributed by atoms with van der Waals surface area (Å²) in [6, 6.07) is 7.94. The number of hydrogen-bond acceptors (Lipinski definition) is 4. The summed E-state index contributed by atoms with van der Waals surface area (Å²) in [7, 11) is 0. The van der Waals surface area contributed by atoms with E-state index in [9.17, 15) is 0 Å². The Morgan fingerprint density at radius 2 is 1.12 bits per heavy atom. The van der Waals surface area contributed by atoms with Gasteiger partial charge in [-0.15, -0.1) is 20.4 Å². The molecule has 0 spiro atoms. The van der Waals surface area contributed by atoms with Crippen molar-refractivity contribution < 1.29 is 0 Å². The van der Waals surface area contributed by atoms with Crippen LogP contribution < -0.4 is 0 Å². The molecule has 0 unspecified atom stereocenters. The fourth-order valence-corrected chi connectivity index (χ4v) is 1.48. The van der Waals surface area contributed by atoms with Crippen LogP contribution in [-0.4, -0.2) is 29.5 Å². The zero-order chi connectivity index (χ0) is 10.8. The normalized spacial score (nSPS) is 10.5. The summed E-state index contributed by atoms with van der Waals surface area (Å²) in [5, 5.41) is 15.1. The van der Waals surface area contributed by atoms with Crippen LogP contribution >= 0.6 is 0 Å². The van der Waals surface area contributed by atoms with Gasteiger partial charge in [0.05, 0.1) is 11.4 Å². The molecule has 3 rings (SSSR count). The summed E-state index contributed by atoms with van der Waals surface area (Å²) in [6.07, 6.45) is 6.63. The molecule has 0 N–H and O–H groups in total. The second-order valence-electron chi connectivity index (χ2n) is 3.26. The lowest BCUT2D eigenvalue weighted by Gasteiger charge is -2.04. The van der Waals surface area contributed by atoms with E-state index in [1.807, 2.05) is 33.4 Å². The molecule has 0 radical (unpaired) electrons. The van der Waals surface area contributed by atoms with Gasteiger partial charge in [0, 0.05) is 0 Å². The fraction of sp³-hybridized carbons (Fsp3) is 0. The lowest BCUT2D eigenvalue weighted by Crippen LogP contribution is -1.94. The Labute approximate surface area is 91.2 Å². The molecule has 0 aliphatic carbocycles. The molecule has 0 atom stereocenters. The molecule has 6 heteroatoms. The molecule has 0 bridgehead atoms. The van der Waals surface area contributed by atoms with Crippen molar-refractivity contribution in [1.29, 1.82) is 0 Å². The molecule has 16 heavy (non-hydrogen) atoms. The summed E-state index contributed by atoms with van der Waals surface area (Å²) < 4.78 is 3.68. The maximum absolute atomic E-state index is 3.77. The fourth-order valence-electron chi connectivity index (χ4n) is 1.48. The van der Waals surface area contributed by atoms with Gasteiger partial charge in [0.15, 0.2) is 0 Å². The van der Waals surface area contributed by atoms with Crippen LogP contribution in [0.2, 0.25) is 0 Å². The van der Waals surface area contributed by atoms with Crippen LogP contribution in [0.25, 0.3) is 11.4 Å². The predicted molar refractivity (Wildman–Crippen MR) is 56.3 cm³/mol. The average Bonchev–Trinajstić information content (AvgIpc) is 3.03. The first kappa shape index (κ1) is 8.78. The number of rotatable bonds is 2. The minimum Gasteiger partial charge on any atom is -0.288 e. The van der Waals surface area contributed by atoms with E-state index in [4.69, 9.17) is 0 Å². The molecule has 0 saturated heterocycles. The van der Waals surface area contributed by atoms with Gasteiger partial charge < -0.3 is 0 Å². The van der Waals surface area contributed by atoms with Crippen molar-refractivity contribution in [3.05, 3.63) is 49.6 Å². The van der Waals surface area contributed by atoms with Crippen LogP contribution in [0.4, 0.5) is 0 Å². The molecular weight excluding hydrogens is 204 g/mol. The first-order valence-corrected chi connectivity index (χ1v) is 4.73. The highest BCUT2D eigenvalue weighted by Gasteiger charge is 1.99. The molecule has 2 aromatic heterocycles. The van der Waals surface area contributed by atoms with Gasteiger partial charge in [-0.3, -0.25) is 9.13 Å². The standard InChI is InChI=1S/C10H8N6/c1-2-9(15-5-11-12-6-15)4-10(3-1)16-7-13-14-8-16/h1-8H. The van der Waals surface area contributed by atoms with Gasteiger partial charge in [-0.2, -0.15) is 0 Å². The topological polar surface area (TPSA) is 61.4 Å². The minimum atomic E-state index is 0.996. The van der Waals surface area contributed by atoms with Crippen molar-refractivity contribution in [2.24, 2.45) is 0 Å². The number of nitrogens with zero attached hydrogens (tertiary/aromatic N) is 6. The summed E-state index contributed by atoms with van der Waals surface area (Å²) >= 11 is 0. The molecule has 0 fully saturated rings. The number of aromatic nitrogens is 6. The van der Waals surface area contributed by atoms with Gasteiger partial charge in [0.25, 0.3) is 0 Å². The van der Waals surface area contributed by atoms with Crippen molar-refractivity contribution in [1.82, 2.24) is 29.5 Å². The van der Waals surface area contributed by atoms with Gasteiger partial charge in [-0.1, -0.05) is 6.07 Å². The maximum Gasteiger partial charge on any atom is 0.123 e. The molecular formula is C10H8N6. The molecule has 2 heterocycles. The second kappa shape index (κ2) is 3.58. The predicted octanol–water partition coefficient (Wildman–Crippen LogP) is 0.848. The Hall–Kier alpha value is -2.50. The van der Waals surface area contributed by atoms with E-state index in [-0.39, 0.29) is 0 Å². The average molecular weight is 212 g/mol. The monoisotopic (exact) mass is 212 g/mol. The summed E-state index contributed by atoms with van der Waals surface area (Å²) in [5.74, 6) is 0. The van der Waals surface area contributed by atoms with Crippen LogP contribution in [0.15, 0.2) is 49.6 Å². The number of benzene rings is 1. The highest BCUT2D eigenvalue weighted by molar-refractivity contribution is 5.43. The van der Waals surface area contributed by atoms with Crippen molar-refractivity contribution in [2.45, 2.75) is 0 Å². The third-order valence-corrected chi connectivity index (χ3v) is 2.26. The van der Waals surface area contributed by atoms with Crippen molar-refractivity contribution in [3.8, 4) is 11.4 Å². The van der Waals surface area contributed by atoms with Gasteiger partial charge >= 0.3 is 0 Å². The highest BCUT2D eigenvalue weighted by Crippen LogP contribution is 2.12. The SMILES string of the molecule is c1cc(-n2cnnc2)cc(-n2cnnc2)c1. The van der Waals surface area contributed by atoms with Crippen molar-refractivity contribution in [3.63, 3.8) is 0 Å². The smallest absolute Gasteiger partial charge is 0.123 e. The number of hydrogen-bond donors (Lipinski definition) is 0. The van der Waals surface area contributed by atoms with Crippen LogP contribution in [-0.2, 0) is 0 Å².